The molecule has 1 aromatic heterocycles. The van der Waals surface area contributed by atoms with E-state index in [4.69, 9.17) is 39.5 Å². The topological polar surface area (TPSA) is 27.0 Å². The van der Waals surface area contributed by atoms with Crippen molar-refractivity contribution in [2.45, 2.75) is 4.90 Å². The van der Waals surface area contributed by atoms with Gasteiger partial charge in [0.1, 0.15) is 0 Å². The summed E-state index contributed by atoms with van der Waals surface area (Å²) >= 11 is 20.0. The largest absolute Gasteiger partial charge is 0.265 e. The van der Waals surface area contributed by atoms with Crippen molar-refractivity contribution in [3.8, 4) is 33.4 Å². The van der Waals surface area contributed by atoms with Crippen LogP contribution < -0.4 is 4.72 Å². The lowest BCUT2D eigenvalue weighted by molar-refractivity contribution is 1.25. The van der Waals surface area contributed by atoms with E-state index < -0.39 is 0 Å². The summed E-state index contributed by atoms with van der Waals surface area (Å²) < 4.78 is 5.02. The van der Waals surface area contributed by atoms with Gasteiger partial charge in [0.05, 0.1) is 5.69 Å². The molecule has 0 fully saturated rings. The highest BCUT2D eigenvalue weighted by atomic mass is 35.5. The minimum atomic E-state index is 0.685. The van der Waals surface area contributed by atoms with E-state index in [2.05, 4.69) is 17.1 Å². The third-order valence-corrected chi connectivity index (χ3v) is 7.00. The molecule has 1 heterocycles. The predicted molar refractivity (Wildman–Crippen MR) is 150 cm³/mol. The van der Waals surface area contributed by atoms with Gasteiger partial charge < -0.3 is 0 Å². The van der Waals surface area contributed by atoms with E-state index in [-0.39, 0.29) is 0 Å². The summed E-state index contributed by atoms with van der Waals surface area (Å²) in [5.41, 5.74) is 7.04. The SMILES string of the molecule is Clc1ccc(-c2cc(-c3ccc(Cl)cc3)c([N]Sc3ccncc3)c(-c3ccc(Cl)cc3)c2)cc1. The van der Waals surface area contributed by atoms with Gasteiger partial charge in [0.25, 0.3) is 0 Å². The maximum Gasteiger partial charge on any atom is 0.0874 e. The summed E-state index contributed by atoms with van der Waals surface area (Å²) in [4.78, 5) is 5.11. The van der Waals surface area contributed by atoms with Crippen LogP contribution in [0.3, 0.4) is 0 Å². The predicted octanol–water partition coefficient (Wildman–Crippen LogP) is 9.99. The van der Waals surface area contributed by atoms with Crippen LogP contribution in [0.15, 0.2) is 114 Å². The molecule has 2 nitrogen and oxygen atoms in total. The summed E-state index contributed by atoms with van der Waals surface area (Å²) in [6.45, 7) is 0. The van der Waals surface area contributed by atoms with Gasteiger partial charge in [-0.1, -0.05) is 71.2 Å². The molecule has 35 heavy (non-hydrogen) atoms. The fourth-order valence-corrected chi connectivity index (χ4v) is 4.75. The fraction of sp³-hybridized carbons (Fsp3) is 0. The summed E-state index contributed by atoms with van der Waals surface area (Å²) in [6, 6.07) is 31.7. The molecular formula is C29H18Cl3N2S. The Balaban J connectivity index is 1.72. The Morgan fingerprint density at radius 2 is 0.943 bits per heavy atom. The number of hydrogen-bond acceptors (Lipinski definition) is 2. The van der Waals surface area contributed by atoms with E-state index >= 15 is 0 Å². The quantitative estimate of drug-likeness (QED) is 0.203. The summed E-state index contributed by atoms with van der Waals surface area (Å²) in [5, 5.41) is 2.07. The summed E-state index contributed by atoms with van der Waals surface area (Å²) in [5.74, 6) is 0. The number of benzene rings is 4. The molecule has 0 atom stereocenters. The number of nitrogens with zero attached hydrogens (tertiary/aromatic N) is 2. The second-order valence-electron chi connectivity index (χ2n) is 7.81. The van der Waals surface area contributed by atoms with Crippen LogP contribution in [0.1, 0.15) is 0 Å². The zero-order valence-electron chi connectivity index (χ0n) is 18.3. The normalized spacial score (nSPS) is 10.8. The molecule has 0 saturated carbocycles. The van der Waals surface area contributed by atoms with Gasteiger partial charge in [-0.15, -0.1) is 0 Å². The summed E-state index contributed by atoms with van der Waals surface area (Å²) in [7, 11) is 0. The van der Waals surface area contributed by atoms with Gasteiger partial charge in [0, 0.05) is 55.4 Å². The molecule has 0 aliphatic carbocycles. The van der Waals surface area contributed by atoms with Gasteiger partial charge in [-0.25, -0.2) is 4.72 Å². The van der Waals surface area contributed by atoms with Crippen molar-refractivity contribution in [3.05, 3.63) is 125 Å². The van der Waals surface area contributed by atoms with Crippen molar-refractivity contribution in [1.82, 2.24) is 9.71 Å². The number of aromatic nitrogens is 1. The zero-order chi connectivity index (χ0) is 24.2. The third-order valence-electron chi connectivity index (χ3n) is 5.49. The standard InChI is InChI=1S/C29H18Cl3N2S/c30-23-7-1-19(2-8-23)22-17-27(20-3-9-24(31)10-4-20)29(34-35-26-13-15-33-16-14-26)28(18-22)21-5-11-25(32)12-6-21/h1-18H. The Hall–Kier alpha value is -2.95. The molecule has 0 saturated heterocycles. The molecule has 1 radical (unpaired) electrons. The molecule has 0 aliphatic heterocycles. The lowest BCUT2D eigenvalue weighted by Gasteiger charge is -2.18. The van der Waals surface area contributed by atoms with E-state index in [1.54, 1.807) is 12.4 Å². The molecule has 171 valence electrons. The van der Waals surface area contributed by atoms with Crippen LogP contribution in [0.4, 0.5) is 5.69 Å². The highest BCUT2D eigenvalue weighted by Crippen LogP contribution is 2.43. The van der Waals surface area contributed by atoms with Gasteiger partial charge in [-0.2, -0.15) is 0 Å². The lowest BCUT2D eigenvalue weighted by Crippen LogP contribution is -1.96. The average molecular weight is 533 g/mol. The van der Waals surface area contributed by atoms with Gasteiger partial charge >= 0.3 is 0 Å². The van der Waals surface area contributed by atoms with Crippen molar-refractivity contribution < 1.29 is 0 Å². The molecule has 5 aromatic rings. The highest BCUT2D eigenvalue weighted by molar-refractivity contribution is 7.97. The lowest BCUT2D eigenvalue weighted by atomic mass is 9.91. The molecule has 0 aliphatic rings. The zero-order valence-corrected chi connectivity index (χ0v) is 21.4. The second kappa shape index (κ2) is 10.8. The van der Waals surface area contributed by atoms with Crippen molar-refractivity contribution in [2.75, 3.05) is 0 Å². The van der Waals surface area contributed by atoms with Crippen LogP contribution in [-0.2, 0) is 0 Å². The first-order valence-electron chi connectivity index (χ1n) is 10.8. The van der Waals surface area contributed by atoms with Crippen LogP contribution in [0.25, 0.3) is 33.4 Å². The van der Waals surface area contributed by atoms with Crippen LogP contribution in [0, 0.1) is 0 Å². The van der Waals surface area contributed by atoms with Gasteiger partial charge in [-0.3, -0.25) is 4.98 Å². The van der Waals surface area contributed by atoms with Crippen LogP contribution >= 0.6 is 46.8 Å². The van der Waals surface area contributed by atoms with Gasteiger partial charge in [0.15, 0.2) is 0 Å². The van der Waals surface area contributed by atoms with Crippen LogP contribution in [0.5, 0.6) is 0 Å². The third kappa shape index (κ3) is 5.66. The molecule has 5 rings (SSSR count). The highest BCUT2D eigenvalue weighted by Gasteiger charge is 2.17. The second-order valence-corrected chi connectivity index (χ2v) is 9.95. The van der Waals surface area contributed by atoms with Gasteiger partial charge in [-0.05, 0) is 82.9 Å². The fourth-order valence-electron chi connectivity index (χ4n) is 3.74. The minimum Gasteiger partial charge on any atom is -0.265 e. The van der Waals surface area contributed by atoms with E-state index in [9.17, 15) is 0 Å². The van der Waals surface area contributed by atoms with Crippen molar-refractivity contribution in [3.63, 3.8) is 0 Å². The van der Waals surface area contributed by atoms with E-state index in [1.165, 1.54) is 11.9 Å². The van der Waals surface area contributed by atoms with Gasteiger partial charge in [0.2, 0.25) is 0 Å². The molecule has 0 bridgehead atoms. The van der Waals surface area contributed by atoms with Crippen molar-refractivity contribution >= 4 is 52.4 Å². The number of hydrogen-bond donors (Lipinski definition) is 0. The number of pyridine rings is 1. The Morgan fingerprint density at radius 3 is 1.40 bits per heavy atom. The Bertz CT molecular complexity index is 1370. The minimum absolute atomic E-state index is 0.685. The Labute approximate surface area is 224 Å². The monoisotopic (exact) mass is 531 g/mol. The average Bonchev–Trinajstić information content (AvgIpc) is 2.89. The molecular weight excluding hydrogens is 515 g/mol. The van der Waals surface area contributed by atoms with Crippen LogP contribution in [0.2, 0.25) is 15.1 Å². The summed E-state index contributed by atoms with van der Waals surface area (Å²) in [6.07, 6.45) is 3.53. The molecule has 4 aromatic carbocycles. The maximum atomic E-state index is 6.21. The first-order chi connectivity index (χ1) is 17.1. The Kier molecular flexibility index (Phi) is 7.31. The first kappa shape index (κ1) is 23.8. The molecule has 0 spiro atoms. The van der Waals surface area contributed by atoms with E-state index in [0.29, 0.717) is 15.1 Å². The van der Waals surface area contributed by atoms with Crippen LogP contribution in [-0.4, -0.2) is 4.98 Å². The van der Waals surface area contributed by atoms with Crippen molar-refractivity contribution in [1.29, 1.82) is 0 Å². The molecule has 0 unspecified atom stereocenters. The van der Waals surface area contributed by atoms with Crippen molar-refractivity contribution in [2.24, 2.45) is 0 Å². The first-order valence-corrected chi connectivity index (χ1v) is 12.7. The number of halogens is 3. The molecule has 0 N–H and O–H groups in total. The van der Waals surface area contributed by atoms with E-state index in [1.807, 2.05) is 84.9 Å². The molecule has 0 amide bonds. The Morgan fingerprint density at radius 1 is 0.514 bits per heavy atom. The number of rotatable bonds is 6. The van der Waals surface area contributed by atoms with E-state index in [0.717, 1.165) is 44.0 Å². The molecule has 6 heteroatoms. The smallest absolute Gasteiger partial charge is 0.0874 e. The maximum absolute atomic E-state index is 6.21.